The molecule has 1 aromatic heterocycles. The van der Waals surface area contributed by atoms with E-state index in [0.29, 0.717) is 31.4 Å². The van der Waals surface area contributed by atoms with Gasteiger partial charge in [-0.1, -0.05) is 0 Å². The molecule has 1 fully saturated rings. The van der Waals surface area contributed by atoms with E-state index in [-0.39, 0.29) is 10.6 Å². The first-order chi connectivity index (χ1) is 13.6. The molecule has 29 heavy (non-hydrogen) atoms. The van der Waals surface area contributed by atoms with Crippen molar-refractivity contribution < 1.29 is 35.9 Å². The van der Waals surface area contributed by atoms with Gasteiger partial charge in [-0.05, 0) is 24.3 Å². The third-order valence-corrected chi connectivity index (χ3v) is 5.84. The molecule has 0 atom stereocenters. The molecule has 2 N–H and O–H groups in total. The molecule has 0 radical (unpaired) electrons. The molecule has 0 aliphatic carbocycles. The second kappa shape index (κ2) is 8.52. The third-order valence-electron chi connectivity index (χ3n) is 3.67. The predicted molar refractivity (Wildman–Crippen MR) is 96.1 cm³/mol. The van der Waals surface area contributed by atoms with E-state index < -0.39 is 28.0 Å². The molecule has 1 saturated heterocycles. The van der Waals surface area contributed by atoms with Gasteiger partial charge in [0.05, 0.1) is 18.1 Å². The predicted octanol–water partition coefficient (Wildman–Crippen LogP) is 1.50. The lowest BCUT2D eigenvalue weighted by atomic mass is 10.3. The van der Waals surface area contributed by atoms with Gasteiger partial charge in [0, 0.05) is 18.5 Å². The number of alkyl halides is 3. The lowest BCUT2D eigenvalue weighted by Crippen LogP contribution is -2.41. The number of carbonyl (C=O) groups excluding carboxylic acids is 1. The minimum absolute atomic E-state index is 0.0214. The van der Waals surface area contributed by atoms with Crippen LogP contribution < -0.4 is 19.9 Å². The molecule has 3 rings (SSSR count). The number of hydrogen-bond acceptors (Lipinski definition) is 8. The van der Waals surface area contributed by atoms with E-state index in [0.717, 1.165) is 24.3 Å². The van der Waals surface area contributed by atoms with Gasteiger partial charge in [-0.3, -0.25) is 10.2 Å². The van der Waals surface area contributed by atoms with Gasteiger partial charge in [-0.25, -0.2) is 13.4 Å². The molecule has 158 valence electrons. The van der Waals surface area contributed by atoms with Gasteiger partial charge in [0.2, 0.25) is 0 Å². The third kappa shape index (κ3) is 5.79. The van der Waals surface area contributed by atoms with Crippen molar-refractivity contribution in [3.05, 3.63) is 35.3 Å². The van der Waals surface area contributed by atoms with Crippen molar-refractivity contribution >= 4 is 32.4 Å². The van der Waals surface area contributed by atoms with Crippen LogP contribution in [0.25, 0.3) is 0 Å². The van der Waals surface area contributed by atoms with Crippen LogP contribution in [0.3, 0.4) is 0 Å². The maximum atomic E-state index is 12.2. The maximum Gasteiger partial charge on any atom is 0.573 e. The summed E-state index contributed by atoms with van der Waals surface area (Å²) in [6.07, 6.45) is -4.89. The van der Waals surface area contributed by atoms with Crippen LogP contribution in [0.15, 0.2) is 34.5 Å². The van der Waals surface area contributed by atoms with E-state index in [1.807, 2.05) is 15.2 Å². The van der Waals surface area contributed by atoms with Crippen LogP contribution >= 0.6 is 11.3 Å². The minimum Gasteiger partial charge on any atom is -0.406 e. The minimum atomic E-state index is -4.89. The van der Waals surface area contributed by atoms with Crippen molar-refractivity contribution in [2.45, 2.75) is 11.3 Å². The zero-order valence-corrected chi connectivity index (χ0v) is 16.2. The molecule has 1 aliphatic heterocycles. The Morgan fingerprint density at radius 3 is 2.48 bits per heavy atom. The van der Waals surface area contributed by atoms with Crippen molar-refractivity contribution in [1.82, 2.24) is 15.2 Å². The molecule has 0 unspecified atom stereocenters. The van der Waals surface area contributed by atoms with Crippen LogP contribution in [0, 0.1) is 0 Å². The number of thiazole rings is 1. The first-order valence-corrected chi connectivity index (χ1v) is 10.5. The van der Waals surface area contributed by atoms with Crippen LogP contribution in [0.1, 0.15) is 10.5 Å². The van der Waals surface area contributed by atoms with Gasteiger partial charge in [0.1, 0.15) is 11.4 Å². The fourth-order valence-corrected chi connectivity index (χ4v) is 4.02. The Labute approximate surface area is 167 Å². The number of halogens is 3. The number of hydrazine groups is 1. The fraction of sp³-hybridized carbons (Fsp3) is 0.333. The monoisotopic (exact) mass is 452 g/mol. The second-order valence-corrected chi connectivity index (χ2v) is 8.21. The van der Waals surface area contributed by atoms with Crippen molar-refractivity contribution in [2.24, 2.45) is 0 Å². The summed E-state index contributed by atoms with van der Waals surface area (Å²) in [5, 5.41) is 2.10. The lowest BCUT2D eigenvalue weighted by molar-refractivity contribution is -0.274. The van der Waals surface area contributed by atoms with E-state index in [9.17, 15) is 26.4 Å². The maximum absolute atomic E-state index is 12.2. The standard InChI is InChI=1S/C15H15F3N4O5S2/c16-15(17,18)27-10-1-3-11(4-2-10)29(24,25)21-20-13(23)12-9-28-14(19-12)22-5-7-26-8-6-22/h1-4,9,21H,5-8H2,(H,20,23). The molecule has 0 bridgehead atoms. The molecule has 0 saturated carbocycles. The first kappa shape index (κ1) is 21.3. The Kier molecular flexibility index (Phi) is 6.26. The summed E-state index contributed by atoms with van der Waals surface area (Å²) >= 11 is 1.24. The van der Waals surface area contributed by atoms with E-state index >= 15 is 0 Å². The Balaban J connectivity index is 1.59. The Morgan fingerprint density at radius 1 is 1.21 bits per heavy atom. The number of morpholine rings is 1. The number of rotatable bonds is 6. The highest BCUT2D eigenvalue weighted by molar-refractivity contribution is 7.89. The number of carbonyl (C=O) groups is 1. The van der Waals surface area contributed by atoms with Gasteiger partial charge in [-0.15, -0.1) is 29.3 Å². The van der Waals surface area contributed by atoms with Crippen LogP contribution in [-0.4, -0.2) is 52.0 Å². The molecular formula is C15H15F3N4O5S2. The molecular weight excluding hydrogens is 437 g/mol. The topological polar surface area (TPSA) is 110 Å². The number of ether oxygens (including phenoxy) is 2. The molecule has 1 aromatic carbocycles. The molecule has 2 heterocycles. The summed E-state index contributed by atoms with van der Waals surface area (Å²) in [5.74, 6) is -1.35. The number of nitrogens with one attached hydrogen (secondary N) is 2. The number of amides is 1. The number of anilines is 1. The summed E-state index contributed by atoms with van der Waals surface area (Å²) in [4.78, 5) is 19.8. The van der Waals surface area contributed by atoms with Gasteiger partial charge >= 0.3 is 6.36 Å². The van der Waals surface area contributed by atoms with Crippen molar-refractivity contribution in [3.63, 3.8) is 0 Å². The Bertz CT molecular complexity index is 957. The van der Waals surface area contributed by atoms with Crippen LogP contribution in [0.4, 0.5) is 18.3 Å². The van der Waals surface area contributed by atoms with Crippen LogP contribution in [0.2, 0.25) is 0 Å². The van der Waals surface area contributed by atoms with Crippen LogP contribution in [-0.2, 0) is 14.8 Å². The lowest BCUT2D eigenvalue weighted by Gasteiger charge is -2.25. The largest absolute Gasteiger partial charge is 0.573 e. The summed E-state index contributed by atoms with van der Waals surface area (Å²) in [6.45, 7) is 2.37. The smallest absolute Gasteiger partial charge is 0.406 e. The summed E-state index contributed by atoms with van der Waals surface area (Å²) < 4.78 is 69.7. The SMILES string of the molecule is O=C(NNS(=O)(=O)c1ccc(OC(F)(F)F)cc1)c1csc(N2CCOCC2)n1. The Hall–Kier alpha value is -2.42. The van der Waals surface area contributed by atoms with E-state index in [1.54, 1.807) is 0 Å². The van der Waals surface area contributed by atoms with E-state index in [2.05, 4.69) is 9.72 Å². The summed E-state index contributed by atoms with van der Waals surface area (Å²) in [5.41, 5.74) is 2.04. The molecule has 2 aromatic rings. The van der Waals surface area contributed by atoms with Gasteiger partial charge in [-0.2, -0.15) is 0 Å². The van der Waals surface area contributed by atoms with E-state index in [1.165, 1.54) is 16.7 Å². The highest BCUT2D eigenvalue weighted by Crippen LogP contribution is 2.24. The fourth-order valence-electron chi connectivity index (χ4n) is 2.33. The highest BCUT2D eigenvalue weighted by atomic mass is 32.2. The van der Waals surface area contributed by atoms with E-state index in [4.69, 9.17) is 4.74 Å². The summed E-state index contributed by atoms with van der Waals surface area (Å²) in [6, 6.07) is 3.52. The number of benzene rings is 1. The van der Waals surface area contributed by atoms with Crippen LogP contribution in [0.5, 0.6) is 5.75 Å². The molecule has 0 spiro atoms. The van der Waals surface area contributed by atoms with Gasteiger partial charge < -0.3 is 14.4 Å². The molecule has 1 amide bonds. The zero-order valence-electron chi connectivity index (χ0n) is 14.6. The highest BCUT2D eigenvalue weighted by Gasteiger charge is 2.31. The van der Waals surface area contributed by atoms with Gasteiger partial charge in [0.15, 0.2) is 5.13 Å². The second-order valence-electron chi connectivity index (χ2n) is 5.69. The molecule has 14 heteroatoms. The summed E-state index contributed by atoms with van der Waals surface area (Å²) in [7, 11) is -4.21. The Morgan fingerprint density at radius 2 is 1.86 bits per heavy atom. The average molecular weight is 452 g/mol. The van der Waals surface area contributed by atoms with Gasteiger partial charge in [0.25, 0.3) is 15.9 Å². The number of hydrogen-bond donors (Lipinski definition) is 2. The normalized spacial score (nSPS) is 15.2. The van der Waals surface area contributed by atoms with Crippen molar-refractivity contribution in [3.8, 4) is 5.75 Å². The molecule has 1 aliphatic rings. The van der Waals surface area contributed by atoms with Crippen molar-refractivity contribution in [2.75, 3.05) is 31.2 Å². The average Bonchev–Trinajstić information content (AvgIpc) is 3.16. The first-order valence-electron chi connectivity index (χ1n) is 8.10. The number of nitrogens with zero attached hydrogens (tertiary/aromatic N) is 2. The number of sulfonamides is 1. The number of aromatic nitrogens is 1. The zero-order chi connectivity index (χ0) is 21.1. The molecule has 9 nitrogen and oxygen atoms in total. The quantitative estimate of drug-likeness (QED) is 0.640. The van der Waals surface area contributed by atoms with Crippen molar-refractivity contribution in [1.29, 1.82) is 0 Å².